The standard InChI is InChI=1S/C22H24N6O4S/c1-13-19(33-21(25-13)27-22(30)28-11-3-4-17(28)20(23)29)16-9-10-24-18(26-16)12-32-15-7-5-14(31-2)6-8-15/h5-10,17H,3-4,11-12H2,1-2H3,(H2,23,29)(H,25,27,30)/t17-/m0/s1. The maximum Gasteiger partial charge on any atom is 0.324 e. The number of carbonyl (C=O) groups is 2. The predicted molar refractivity (Wildman–Crippen MR) is 123 cm³/mol. The van der Waals surface area contributed by atoms with Crippen molar-refractivity contribution >= 4 is 28.4 Å². The third-order valence-electron chi connectivity index (χ3n) is 5.22. The van der Waals surface area contributed by atoms with Gasteiger partial charge in [-0.05, 0) is 50.1 Å². The van der Waals surface area contributed by atoms with E-state index < -0.39 is 11.9 Å². The fraction of sp³-hybridized carbons (Fsp3) is 0.318. The van der Waals surface area contributed by atoms with Crippen LogP contribution in [0.25, 0.3) is 10.6 Å². The fourth-order valence-electron chi connectivity index (χ4n) is 3.57. The van der Waals surface area contributed by atoms with E-state index in [0.717, 1.165) is 22.7 Å². The molecule has 10 nitrogen and oxygen atoms in total. The van der Waals surface area contributed by atoms with E-state index in [1.54, 1.807) is 19.4 Å². The second-order valence-electron chi connectivity index (χ2n) is 7.44. The number of likely N-dealkylation sites (tertiary alicyclic amines) is 1. The number of anilines is 1. The number of aromatic nitrogens is 3. The van der Waals surface area contributed by atoms with Crippen LogP contribution < -0.4 is 20.5 Å². The van der Waals surface area contributed by atoms with Gasteiger partial charge in [-0.1, -0.05) is 11.3 Å². The number of carbonyl (C=O) groups excluding carboxylic acids is 2. The van der Waals surface area contributed by atoms with Crippen molar-refractivity contribution in [1.29, 1.82) is 0 Å². The van der Waals surface area contributed by atoms with Crippen molar-refractivity contribution in [2.24, 2.45) is 5.73 Å². The Bertz CT molecular complexity index is 1150. The summed E-state index contributed by atoms with van der Waals surface area (Å²) in [6, 6.07) is 8.08. The number of nitrogens with one attached hydrogen (secondary N) is 1. The predicted octanol–water partition coefficient (Wildman–Crippen LogP) is 2.98. The van der Waals surface area contributed by atoms with Crippen LogP contribution in [0.4, 0.5) is 9.93 Å². The minimum Gasteiger partial charge on any atom is -0.497 e. The number of nitrogens with two attached hydrogens (primary N) is 1. The maximum absolute atomic E-state index is 12.6. The molecule has 172 valence electrons. The second-order valence-corrected chi connectivity index (χ2v) is 8.44. The van der Waals surface area contributed by atoms with Gasteiger partial charge in [-0.3, -0.25) is 10.1 Å². The van der Waals surface area contributed by atoms with Crippen LogP contribution in [0.2, 0.25) is 0 Å². The SMILES string of the molecule is COc1ccc(OCc2nccc(-c3sc(NC(=O)N4CCC[C@H]4C(N)=O)nc3C)n2)cc1. The molecule has 3 amide bonds. The Kier molecular flexibility index (Phi) is 6.68. The molecule has 1 aromatic carbocycles. The van der Waals surface area contributed by atoms with Gasteiger partial charge in [0.2, 0.25) is 5.91 Å². The van der Waals surface area contributed by atoms with Crippen molar-refractivity contribution in [2.45, 2.75) is 32.4 Å². The summed E-state index contributed by atoms with van der Waals surface area (Å²) in [5.41, 5.74) is 6.82. The zero-order valence-electron chi connectivity index (χ0n) is 18.3. The Morgan fingerprint density at radius 1 is 1.21 bits per heavy atom. The number of methoxy groups -OCH3 is 1. The van der Waals surface area contributed by atoms with Gasteiger partial charge in [0.05, 0.1) is 23.4 Å². The number of hydrogen-bond donors (Lipinski definition) is 2. The van der Waals surface area contributed by atoms with Crippen molar-refractivity contribution in [1.82, 2.24) is 19.9 Å². The summed E-state index contributed by atoms with van der Waals surface area (Å²) in [4.78, 5) is 39.8. The lowest BCUT2D eigenvalue weighted by atomic mass is 10.2. The quantitative estimate of drug-likeness (QED) is 0.545. The van der Waals surface area contributed by atoms with Gasteiger partial charge in [0.25, 0.3) is 0 Å². The molecule has 2 aromatic heterocycles. The Balaban J connectivity index is 1.44. The summed E-state index contributed by atoms with van der Waals surface area (Å²) in [6.07, 6.45) is 2.98. The zero-order valence-corrected chi connectivity index (χ0v) is 19.1. The topological polar surface area (TPSA) is 133 Å². The van der Waals surface area contributed by atoms with E-state index in [2.05, 4.69) is 20.3 Å². The van der Waals surface area contributed by atoms with Gasteiger partial charge in [-0.2, -0.15) is 0 Å². The molecule has 0 saturated carbocycles. The molecule has 1 saturated heterocycles. The average Bonchev–Trinajstić information content (AvgIpc) is 3.45. The molecule has 0 unspecified atom stereocenters. The van der Waals surface area contributed by atoms with Crippen molar-refractivity contribution in [3.8, 4) is 22.1 Å². The number of ether oxygens (including phenoxy) is 2. The number of hydrogen-bond acceptors (Lipinski definition) is 8. The van der Waals surface area contributed by atoms with E-state index in [1.165, 1.54) is 16.2 Å². The number of benzene rings is 1. The fourth-order valence-corrected chi connectivity index (χ4v) is 4.50. The van der Waals surface area contributed by atoms with E-state index in [1.807, 2.05) is 31.2 Å². The summed E-state index contributed by atoms with van der Waals surface area (Å²) in [5.74, 6) is 1.45. The van der Waals surface area contributed by atoms with E-state index in [4.69, 9.17) is 15.2 Å². The zero-order chi connectivity index (χ0) is 23.4. The summed E-state index contributed by atoms with van der Waals surface area (Å²) >= 11 is 1.31. The molecule has 1 fully saturated rings. The summed E-state index contributed by atoms with van der Waals surface area (Å²) < 4.78 is 10.9. The molecule has 0 radical (unpaired) electrons. The van der Waals surface area contributed by atoms with Gasteiger partial charge in [0, 0.05) is 12.7 Å². The Labute approximate surface area is 194 Å². The van der Waals surface area contributed by atoms with E-state index >= 15 is 0 Å². The number of amides is 3. The van der Waals surface area contributed by atoms with Gasteiger partial charge < -0.3 is 20.1 Å². The van der Waals surface area contributed by atoms with Gasteiger partial charge in [-0.15, -0.1) is 0 Å². The van der Waals surface area contributed by atoms with Crippen LogP contribution in [-0.2, 0) is 11.4 Å². The van der Waals surface area contributed by atoms with Crippen LogP contribution in [0.1, 0.15) is 24.4 Å². The highest BCUT2D eigenvalue weighted by molar-refractivity contribution is 7.19. The number of thiazole rings is 1. The summed E-state index contributed by atoms with van der Waals surface area (Å²) in [6.45, 7) is 2.53. The molecule has 1 aliphatic rings. The Morgan fingerprint density at radius 3 is 2.70 bits per heavy atom. The number of aryl methyl sites for hydroxylation is 1. The molecular weight excluding hydrogens is 444 g/mol. The minimum absolute atomic E-state index is 0.199. The third kappa shape index (κ3) is 5.20. The molecule has 1 atom stereocenters. The number of primary amides is 1. The lowest BCUT2D eigenvalue weighted by molar-refractivity contribution is -0.121. The molecule has 4 rings (SSSR count). The van der Waals surface area contributed by atoms with Crippen LogP contribution >= 0.6 is 11.3 Å². The van der Waals surface area contributed by atoms with Crippen LogP contribution in [0, 0.1) is 6.92 Å². The smallest absolute Gasteiger partial charge is 0.324 e. The first-order valence-electron chi connectivity index (χ1n) is 10.4. The van der Waals surface area contributed by atoms with Crippen LogP contribution in [0.15, 0.2) is 36.5 Å². The molecule has 3 N–H and O–H groups in total. The van der Waals surface area contributed by atoms with Crippen molar-refractivity contribution in [3.05, 3.63) is 48.0 Å². The number of rotatable bonds is 7. The largest absolute Gasteiger partial charge is 0.497 e. The molecular formula is C22H24N6O4S. The highest BCUT2D eigenvalue weighted by Gasteiger charge is 2.33. The summed E-state index contributed by atoms with van der Waals surface area (Å²) in [5, 5.41) is 3.21. The van der Waals surface area contributed by atoms with Crippen molar-refractivity contribution in [2.75, 3.05) is 19.0 Å². The molecule has 3 heterocycles. The summed E-state index contributed by atoms with van der Waals surface area (Å²) in [7, 11) is 1.61. The molecule has 3 aromatic rings. The normalized spacial score (nSPS) is 15.3. The lowest BCUT2D eigenvalue weighted by Crippen LogP contribution is -2.45. The Hall–Kier alpha value is -3.73. The van der Waals surface area contributed by atoms with E-state index in [-0.39, 0.29) is 12.6 Å². The van der Waals surface area contributed by atoms with Gasteiger partial charge in [0.1, 0.15) is 24.1 Å². The lowest BCUT2D eigenvalue weighted by Gasteiger charge is -2.21. The number of urea groups is 1. The molecule has 33 heavy (non-hydrogen) atoms. The molecule has 11 heteroatoms. The van der Waals surface area contributed by atoms with E-state index in [9.17, 15) is 9.59 Å². The van der Waals surface area contributed by atoms with Crippen LogP contribution in [0.5, 0.6) is 11.5 Å². The van der Waals surface area contributed by atoms with Gasteiger partial charge in [-0.25, -0.2) is 19.7 Å². The first-order valence-corrected chi connectivity index (χ1v) is 11.2. The molecule has 1 aliphatic heterocycles. The minimum atomic E-state index is -0.583. The molecule has 0 aliphatic carbocycles. The highest BCUT2D eigenvalue weighted by Crippen LogP contribution is 2.32. The van der Waals surface area contributed by atoms with Crippen LogP contribution in [0.3, 0.4) is 0 Å². The average molecular weight is 469 g/mol. The highest BCUT2D eigenvalue weighted by atomic mass is 32.1. The Morgan fingerprint density at radius 2 is 1.97 bits per heavy atom. The van der Waals surface area contributed by atoms with Crippen molar-refractivity contribution in [3.63, 3.8) is 0 Å². The van der Waals surface area contributed by atoms with Crippen molar-refractivity contribution < 1.29 is 19.1 Å². The maximum atomic E-state index is 12.6. The van der Waals surface area contributed by atoms with E-state index in [0.29, 0.717) is 35.4 Å². The first-order chi connectivity index (χ1) is 15.9. The third-order valence-corrected chi connectivity index (χ3v) is 6.31. The van der Waals surface area contributed by atoms with Gasteiger partial charge in [0.15, 0.2) is 11.0 Å². The second kappa shape index (κ2) is 9.82. The number of nitrogens with zero attached hydrogens (tertiary/aromatic N) is 4. The monoisotopic (exact) mass is 468 g/mol. The van der Waals surface area contributed by atoms with Crippen LogP contribution in [-0.4, -0.2) is 51.5 Å². The molecule has 0 bridgehead atoms. The van der Waals surface area contributed by atoms with Gasteiger partial charge >= 0.3 is 6.03 Å². The molecule has 0 spiro atoms. The first kappa shape index (κ1) is 22.5.